The Hall–Kier alpha value is -2.11. The van der Waals surface area contributed by atoms with Gasteiger partial charge in [0.2, 0.25) is 11.8 Å². The third-order valence-electron chi connectivity index (χ3n) is 5.36. The zero-order valence-electron chi connectivity index (χ0n) is 16.8. The molecule has 0 aromatic heterocycles. The second-order valence-electron chi connectivity index (χ2n) is 7.74. The van der Waals surface area contributed by atoms with Crippen molar-refractivity contribution in [1.82, 2.24) is 15.5 Å². The number of amides is 2. The fraction of sp³-hybridized carbons (Fsp3) is 0.455. The van der Waals surface area contributed by atoms with Crippen molar-refractivity contribution < 1.29 is 9.59 Å². The Kier molecular flexibility index (Phi) is 7.84. The molecular formula is C22H30ClN3O2. The Morgan fingerprint density at radius 3 is 2.54 bits per heavy atom. The standard InChI is InChI=1S/C22H29N3O2.ClH/c1-15(2)21(22(27)25(3)19-10-11-23-14-19)24-20(26)13-16-8-9-17-6-4-5-7-18(17)12-16;/h4-9,12,15,19,21,23H,10-11,13-14H2,1-3H3,(H,24,26);1H. The lowest BCUT2D eigenvalue weighted by atomic mass is 10.0. The number of benzene rings is 2. The maximum Gasteiger partial charge on any atom is 0.245 e. The fourth-order valence-electron chi connectivity index (χ4n) is 3.64. The van der Waals surface area contributed by atoms with Gasteiger partial charge in [-0.1, -0.05) is 56.3 Å². The summed E-state index contributed by atoms with van der Waals surface area (Å²) in [6, 6.07) is 13.9. The largest absolute Gasteiger partial charge is 0.344 e. The quantitative estimate of drug-likeness (QED) is 0.779. The molecule has 3 rings (SSSR count). The number of hydrogen-bond acceptors (Lipinski definition) is 3. The first kappa shape index (κ1) is 22.2. The van der Waals surface area contributed by atoms with E-state index in [9.17, 15) is 9.59 Å². The van der Waals surface area contributed by atoms with Crippen molar-refractivity contribution >= 4 is 35.0 Å². The predicted molar refractivity (Wildman–Crippen MR) is 116 cm³/mol. The van der Waals surface area contributed by atoms with Gasteiger partial charge >= 0.3 is 0 Å². The topological polar surface area (TPSA) is 61.4 Å². The van der Waals surface area contributed by atoms with E-state index in [0.717, 1.165) is 35.8 Å². The van der Waals surface area contributed by atoms with Crippen molar-refractivity contribution in [2.45, 2.75) is 38.8 Å². The molecule has 1 fully saturated rings. The highest BCUT2D eigenvalue weighted by atomic mass is 35.5. The molecule has 2 aromatic rings. The van der Waals surface area contributed by atoms with Crippen LogP contribution in [-0.2, 0) is 16.0 Å². The molecular weight excluding hydrogens is 374 g/mol. The number of hydrogen-bond donors (Lipinski definition) is 2. The average Bonchev–Trinajstić information content (AvgIpc) is 3.19. The minimum absolute atomic E-state index is 0. The molecule has 2 aromatic carbocycles. The number of nitrogens with zero attached hydrogens (tertiary/aromatic N) is 1. The zero-order chi connectivity index (χ0) is 19.4. The monoisotopic (exact) mass is 403 g/mol. The van der Waals surface area contributed by atoms with E-state index in [4.69, 9.17) is 0 Å². The van der Waals surface area contributed by atoms with E-state index in [1.807, 2.05) is 57.3 Å². The van der Waals surface area contributed by atoms with Gasteiger partial charge < -0.3 is 15.5 Å². The molecule has 28 heavy (non-hydrogen) atoms. The van der Waals surface area contributed by atoms with Crippen molar-refractivity contribution in [3.05, 3.63) is 48.0 Å². The molecule has 5 nitrogen and oxygen atoms in total. The second-order valence-corrected chi connectivity index (χ2v) is 7.74. The Bertz CT molecular complexity index is 818. The smallest absolute Gasteiger partial charge is 0.245 e. The normalized spacial score (nSPS) is 17.2. The van der Waals surface area contributed by atoms with Gasteiger partial charge in [-0.25, -0.2) is 0 Å². The van der Waals surface area contributed by atoms with E-state index in [1.165, 1.54) is 0 Å². The van der Waals surface area contributed by atoms with Gasteiger partial charge in [-0.15, -0.1) is 12.4 Å². The summed E-state index contributed by atoms with van der Waals surface area (Å²) in [7, 11) is 1.84. The Morgan fingerprint density at radius 2 is 1.89 bits per heavy atom. The van der Waals surface area contributed by atoms with Gasteiger partial charge in [-0.05, 0) is 35.2 Å². The Balaban J connectivity index is 0.00000280. The maximum absolute atomic E-state index is 12.9. The molecule has 0 saturated carbocycles. The van der Waals surface area contributed by atoms with Crippen LogP contribution in [0.15, 0.2) is 42.5 Å². The van der Waals surface area contributed by atoms with Crippen LogP contribution in [0.2, 0.25) is 0 Å². The first-order chi connectivity index (χ1) is 13.0. The van der Waals surface area contributed by atoms with Crippen LogP contribution in [0.25, 0.3) is 10.8 Å². The summed E-state index contributed by atoms with van der Waals surface area (Å²) in [4.78, 5) is 27.3. The SMILES string of the molecule is CC(C)C(NC(=O)Cc1ccc2ccccc2c1)C(=O)N(C)C1CCNC1.Cl. The molecule has 0 bridgehead atoms. The molecule has 2 unspecified atom stereocenters. The molecule has 1 saturated heterocycles. The van der Waals surface area contributed by atoms with Crippen molar-refractivity contribution in [3.63, 3.8) is 0 Å². The predicted octanol–water partition coefficient (Wildman–Crippen LogP) is 2.77. The minimum atomic E-state index is -0.497. The zero-order valence-corrected chi connectivity index (χ0v) is 17.6. The van der Waals surface area contributed by atoms with Gasteiger partial charge in [0.1, 0.15) is 6.04 Å². The van der Waals surface area contributed by atoms with Gasteiger partial charge in [-0.2, -0.15) is 0 Å². The number of rotatable bonds is 6. The molecule has 6 heteroatoms. The lowest BCUT2D eigenvalue weighted by Gasteiger charge is -2.30. The van der Waals surface area contributed by atoms with Gasteiger partial charge in [0.25, 0.3) is 0 Å². The molecule has 2 amide bonds. The summed E-state index contributed by atoms with van der Waals surface area (Å²) in [5.74, 6) is -0.0873. The summed E-state index contributed by atoms with van der Waals surface area (Å²) >= 11 is 0. The first-order valence-electron chi connectivity index (χ1n) is 9.70. The average molecular weight is 404 g/mol. The number of carbonyl (C=O) groups excluding carboxylic acids is 2. The van der Waals surface area contributed by atoms with Gasteiger partial charge in [0, 0.05) is 19.6 Å². The molecule has 1 aliphatic heterocycles. The molecule has 0 aliphatic carbocycles. The molecule has 1 aliphatic rings. The number of fused-ring (bicyclic) bond motifs is 1. The molecule has 2 N–H and O–H groups in total. The molecule has 2 atom stereocenters. The maximum atomic E-state index is 12.9. The number of likely N-dealkylation sites (N-methyl/N-ethyl adjacent to an activating group) is 1. The van der Waals surface area contributed by atoms with E-state index in [0.29, 0.717) is 0 Å². The molecule has 0 spiro atoms. The Labute approximate surface area is 173 Å². The van der Waals surface area contributed by atoms with Crippen molar-refractivity contribution in [2.75, 3.05) is 20.1 Å². The van der Waals surface area contributed by atoms with Crippen molar-refractivity contribution in [3.8, 4) is 0 Å². The second kappa shape index (κ2) is 9.89. The summed E-state index contributed by atoms with van der Waals surface area (Å²) in [5.41, 5.74) is 0.953. The van der Waals surface area contributed by atoms with E-state index >= 15 is 0 Å². The first-order valence-corrected chi connectivity index (χ1v) is 9.70. The third kappa shape index (κ3) is 5.24. The van der Waals surface area contributed by atoms with Crippen LogP contribution in [0.3, 0.4) is 0 Å². The highest BCUT2D eigenvalue weighted by Gasteiger charge is 2.31. The lowest BCUT2D eigenvalue weighted by Crippen LogP contribution is -2.53. The number of carbonyl (C=O) groups is 2. The van der Waals surface area contributed by atoms with Crippen LogP contribution in [0.4, 0.5) is 0 Å². The highest BCUT2D eigenvalue weighted by Crippen LogP contribution is 2.17. The third-order valence-corrected chi connectivity index (χ3v) is 5.36. The molecule has 1 heterocycles. The van der Waals surface area contributed by atoms with Crippen LogP contribution in [0, 0.1) is 5.92 Å². The van der Waals surface area contributed by atoms with Crippen molar-refractivity contribution in [1.29, 1.82) is 0 Å². The summed E-state index contributed by atoms with van der Waals surface area (Å²) in [5, 5.41) is 8.52. The van der Waals surface area contributed by atoms with Gasteiger partial charge in [0.15, 0.2) is 0 Å². The fourth-order valence-corrected chi connectivity index (χ4v) is 3.64. The van der Waals surface area contributed by atoms with E-state index in [-0.39, 0.29) is 42.6 Å². The summed E-state index contributed by atoms with van der Waals surface area (Å²) < 4.78 is 0. The molecule has 152 valence electrons. The van der Waals surface area contributed by atoms with Gasteiger partial charge in [0.05, 0.1) is 6.42 Å². The lowest BCUT2D eigenvalue weighted by molar-refractivity contribution is -0.138. The molecule has 0 radical (unpaired) electrons. The number of halogens is 1. The highest BCUT2D eigenvalue weighted by molar-refractivity contribution is 5.90. The van der Waals surface area contributed by atoms with E-state index in [1.54, 1.807) is 4.90 Å². The van der Waals surface area contributed by atoms with Crippen LogP contribution in [-0.4, -0.2) is 48.9 Å². The minimum Gasteiger partial charge on any atom is -0.344 e. The Morgan fingerprint density at radius 1 is 1.18 bits per heavy atom. The van der Waals surface area contributed by atoms with Crippen LogP contribution >= 0.6 is 12.4 Å². The van der Waals surface area contributed by atoms with Crippen molar-refractivity contribution in [2.24, 2.45) is 5.92 Å². The van der Waals surface area contributed by atoms with E-state index < -0.39 is 6.04 Å². The van der Waals surface area contributed by atoms with Crippen LogP contribution < -0.4 is 10.6 Å². The van der Waals surface area contributed by atoms with Gasteiger partial charge in [-0.3, -0.25) is 9.59 Å². The summed E-state index contributed by atoms with van der Waals surface area (Å²) in [6.07, 6.45) is 1.23. The number of nitrogens with one attached hydrogen (secondary N) is 2. The van der Waals surface area contributed by atoms with E-state index in [2.05, 4.69) is 16.7 Å². The van der Waals surface area contributed by atoms with Crippen LogP contribution in [0.5, 0.6) is 0 Å². The summed E-state index contributed by atoms with van der Waals surface area (Å²) in [6.45, 7) is 5.69. The van der Waals surface area contributed by atoms with Crippen LogP contribution in [0.1, 0.15) is 25.8 Å².